The number of carbonyl (C=O) groups is 3. The quantitative estimate of drug-likeness (QED) is 0.411. The first-order valence-electron chi connectivity index (χ1n) is 14.8. The minimum absolute atomic E-state index is 0.00756. The van der Waals surface area contributed by atoms with E-state index in [0.717, 1.165) is 18.5 Å². The van der Waals surface area contributed by atoms with Crippen molar-refractivity contribution in [1.82, 2.24) is 20.5 Å². The number of hydrogen-bond acceptors (Lipinski definition) is 7. The van der Waals surface area contributed by atoms with E-state index in [1.165, 1.54) is 0 Å². The maximum absolute atomic E-state index is 13.8. The minimum Gasteiger partial charge on any atom is -0.497 e. The highest BCUT2D eigenvalue weighted by Gasteiger charge is 2.42. The number of anilines is 2. The van der Waals surface area contributed by atoms with Crippen molar-refractivity contribution in [2.45, 2.75) is 45.1 Å². The van der Waals surface area contributed by atoms with Crippen LogP contribution < -0.4 is 25.4 Å². The van der Waals surface area contributed by atoms with Gasteiger partial charge >= 0.3 is 0 Å². The lowest BCUT2D eigenvalue weighted by atomic mass is 9.73. The highest BCUT2D eigenvalue weighted by Crippen LogP contribution is 2.38. The van der Waals surface area contributed by atoms with E-state index < -0.39 is 5.41 Å². The second kappa shape index (κ2) is 13.6. The zero-order valence-electron chi connectivity index (χ0n) is 24.7. The van der Waals surface area contributed by atoms with Crippen LogP contribution in [-0.4, -0.2) is 67.0 Å². The van der Waals surface area contributed by atoms with Crippen LogP contribution in [0.25, 0.3) is 0 Å². The first-order chi connectivity index (χ1) is 20.9. The van der Waals surface area contributed by atoms with E-state index >= 15 is 0 Å². The monoisotopic (exact) mass is 585 g/mol. The predicted octanol–water partition coefficient (Wildman–Crippen LogP) is 4.55. The van der Waals surface area contributed by atoms with Crippen LogP contribution in [0.5, 0.6) is 11.5 Å². The lowest BCUT2D eigenvalue weighted by Crippen LogP contribution is -2.52. The van der Waals surface area contributed by atoms with E-state index in [1.807, 2.05) is 43.3 Å². The van der Waals surface area contributed by atoms with Gasteiger partial charge in [-0.15, -0.1) is 0 Å². The van der Waals surface area contributed by atoms with Gasteiger partial charge < -0.3 is 30.3 Å². The first-order valence-corrected chi connectivity index (χ1v) is 14.8. The van der Waals surface area contributed by atoms with Gasteiger partial charge in [0.2, 0.25) is 5.91 Å². The molecule has 1 atom stereocenters. The Morgan fingerprint density at radius 1 is 1.05 bits per heavy atom. The molecule has 1 fully saturated rings. The molecule has 43 heavy (non-hydrogen) atoms. The van der Waals surface area contributed by atoms with Crippen LogP contribution in [0.15, 0.2) is 66.9 Å². The van der Waals surface area contributed by atoms with Gasteiger partial charge in [0.25, 0.3) is 11.8 Å². The fourth-order valence-electron chi connectivity index (χ4n) is 5.71. The topological polar surface area (TPSA) is 122 Å². The SMILES string of the molecule is COc1cccc(Nc2ncccc2C(=O)N2CCC3(CCCCNC(=O)c4ccccc4OC[C@@H](C)NC3=O)CC2)c1. The summed E-state index contributed by atoms with van der Waals surface area (Å²) < 4.78 is 11.3. The van der Waals surface area contributed by atoms with Crippen molar-refractivity contribution in [3.05, 3.63) is 78.0 Å². The number of fused-ring (bicyclic) bond motifs is 1. The van der Waals surface area contributed by atoms with Crippen LogP contribution in [-0.2, 0) is 4.79 Å². The average Bonchev–Trinajstić information content (AvgIpc) is 3.03. The van der Waals surface area contributed by atoms with Gasteiger partial charge in [0.05, 0.1) is 29.7 Å². The summed E-state index contributed by atoms with van der Waals surface area (Å²) in [6.45, 7) is 3.55. The van der Waals surface area contributed by atoms with E-state index in [9.17, 15) is 14.4 Å². The second-order valence-electron chi connectivity index (χ2n) is 11.2. The van der Waals surface area contributed by atoms with Gasteiger partial charge in [0.15, 0.2) is 0 Å². The third-order valence-corrected chi connectivity index (χ3v) is 8.23. The van der Waals surface area contributed by atoms with Crippen LogP contribution >= 0.6 is 0 Å². The van der Waals surface area contributed by atoms with E-state index in [-0.39, 0.29) is 30.4 Å². The molecule has 226 valence electrons. The summed E-state index contributed by atoms with van der Waals surface area (Å²) >= 11 is 0. The highest BCUT2D eigenvalue weighted by atomic mass is 16.5. The van der Waals surface area contributed by atoms with Crippen LogP contribution in [0.4, 0.5) is 11.5 Å². The Balaban J connectivity index is 1.27. The molecular formula is C33H39N5O5. The minimum atomic E-state index is -0.603. The van der Waals surface area contributed by atoms with Crippen molar-refractivity contribution < 1.29 is 23.9 Å². The Morgan fingerprint density at radius 2 is 1.86 bits per heavy atom. The van der Waals surface area contributed by atoms with Crippen molar-refractivity contribution in [2.75, 3.05) is 38.7 Å². The molecule has 10 nitrogen and oxygen atoms in total. The van der Waals surface area contributed by atoms with Gasteiger partial charge in [0.1, 0.15) is 23.9 Å². The van der Waals surface area contributed by atoms with Crippen LogP contribution in [0, 0.1) is 5.41 Å². The summed E-state index contributed by atoms with van der Waals surface area (Å²) in [7, 11) is 1.61. The Morgan fingerprint density at radius 3 is 2.67 bits per heavy atom. The number of methoxy groups -OCH3 is 1. The zero-order valence-corrected chi connectivity index (χ0v) is 24.7. The number of ether oxygens (including phenoxy) is 2. The van der Waals surface area contributed by atoms with Gasteiger partial charge in [-0.1, -0.05) is 24.6 Å². The van der Waals surface area contributed by atoms with Crippen molar-refractivity contribution in [3.63, 3.8) is 0 Å². The molecule has 3 N–H and O–H groups in total. The van der Waals surface area contributed by atoms with E-state index in [0.29, 0.717) is 67.3 Å². The smallest absolute Gasteiger partial charge is 0.257 e. The maximum atomic E-state index is 13.8. The number of para-hydroxylation sites is 1. The first kappa shape index (κ1) is 29.9. The zero-order chi connectivity index (χ0) is 30.2. The van der Waals surface area contributed by atoms with Crippen molar-refractivity contribution in [3.8, 4) is 11.5 Å². The number of benzene rings is 2. The molecule has 2 aromatic carbocycles. The fraction of sp³-hybridized carbons (Fsp3) is 0.394. The van der Waals surface area contributed by atoms with Crippen molar-refractivity contribution >= 4 is 29.2 Å². The molecule has 0 unspecified atom stereocenters. The summed E-state index contributed by atoms with van der Waals surface area (Å²) in [5.74, 6) is 1.36. The number of carbonyl (C=O) groups excluding carboxylic acids is 3. The normalized spacial score (nSPS) is 19.2. The Hall–Kier alpha value is -4.60. The second-order valence-corrected chi connectivity index (χ2v) is 11.2. The van der Waals surface area contributed by atoms with E-state index in [2.05, 4.69) is 20.9 Å². The third-order valence-electron chi connectivity index (χ3n) is 8.23. The number of rotatable bonds is 4. The molecule has 2 aliphatic heterocycles. The van der Waals surface area contributed by atoms with Crippen molar-refractivity contribution in [2.24, 2.45) is 5.41 Å². The lowest BCUT2D eigenvalue weighted by Gasteiger charge is -2.41. The summed E-state index contributed by atoms with van der Waals surface area (Å²) in [5.41, 5.74) is 1.12. The number of amides is 3. The molecule has 3 amide bonds. The molecular weight excluding hydrogens is 546 g/mol. The lowest BCUT2D eigenvalue weighted by molar-refractivity contribution is -0.135. The largest absolute Gasteiger partial charge is 0.497 e. The molecule has 0 bridgehead atoms. The van der Waals surface area contributed by atoms with Crippen LogP contribution in [0.2, 0.25) is 0 Å². The third kappa shape index (κ3) is 7.07. The predicted molar refractivity (Wildman–Crippen MR) is 164 cm³/mol. The fourth-order valence-corrected chi connectivity index (χ4v) is 5.71. The molecule has 0 aliphatic carbocycles. The van der Waals surface area contributed by atoms with Crippen molar-refractivity contribution in [1.29, 1.82) is 0 Å². The molecule has 1 spiro atoms. The van der Waals surface area contributed by atoms with E-state index in [4.69, 9.17) is 9.47 Å². The number of likely N-dealkylation sites (tertiary alicyclic amines) is 1. The number of piperidine rings is 1. The molecule has 1 saturated heterocycles. The summed E-state index contributed by atoms with van der Waals surface area (Å²) in [4.78, 5) is 46.5. The van der Waals surface area contributed by atoms with Gasteiger partial charge in [0, 0.05) is 37.6 Å². The molecule has 1 aromatic heterocycles. The Bertz CT molecular complexity index is 1450. The van der Waals surface area contributed by atoms with Gasteiger partial charge in [-0.3, -0.25) is 14.4 Å². The van der Waals surface area contributed by atoms with Gasteiger partial charge in [-0.2, -0.15) is 0 Å². The van der Waals surface area contributed by atoms with Gasteiger partial charge in [-0.05, 0) is 69.0 Å². The highest BCUT2D eigenvalue weighted by molar-refractivity contribution is 5.99. The average molecular weight is 586 g/mol. The van der Waals surface area contributed by atoms with Crippen LogP contribution in [0.1, 0.15) is 59.7 Å². The summed E-state index contributed by atoms with van der Waals surface area (Å²) in [5, 5.41) is 9.39. The van der Waals surface area contributed by atoms with Gasteiger partial charge in [-0.25, -0.2) is 4.98 Å². The standard InChI is InChI=1S/C33H39N5O5/c1-23-22-43-28-13-4-3-11-26(28)30(39)35-17-6-5-14-33(32(41)36-23)15-19-38(20-16-33)31(40)27-12-8-18-34-29(27)37-24-9-7-10-25(21-24)42-2/h3-4,7-13,18,21,23H,5-6,14-17,19-20,22H2,1-2H3,(H,34,37)(H,35,39)(H,36,41)/t23-/m1/s1. The maximum Gasteiger partial charge on any atom is 0.257 e. The molecule has 3 heterocycles. The number of nitrogens with one attached hydrogen (secondary N) is 3. The number of hydrogen-bond donors (Lipinski definition) is 3. The number of aromatic nitrogens is 1. The molecule has 0 radical (unpaired) electrons. The molecule has 10 heteroatoms. The summed E-state index contributed by atoms with van der Waals surface area (Å²) in [6, 6.07) is 17.9. The number of pyridine rings is 1. The van der Waals surface area contributed by atoms with Crippen LogP contribution in [0.3, 0.4) is 0 Å². The van der Waals surface area contributed by atoms with E-state index in [1.54, 1.807) is 42.5 Å². The molecule has 5 rings (SSSR count). The Labute approximate surface area is 252 Å². The molecule has 2 aliphatic rings. The summed E-state index contributed by atoms with van der Waals surface area (Å²) in [6.07, 6.45) is 4.95. The molecule has 0 saturated carbocycles. The Kier molecular flexibility index (Phi) is 9.44. The number of nitrogens with zero attached hydrogens (tertiary/aromatic N) is 2. The molecule has 3 aromatic rings.